The van der Waals surface area contributed by atoms with Gasteiger partial charge in [-0.25, -0.2) is 13.4 Å². The summed E-state index contributed by atoms with van der Waals surface area (Å²) in [5, 5.41) is 1.90. The summed E-state index contributed by atoms with van der Waals surface area (Å²) in [6.45, 7) is 0.689. The normalized spacial score (nSPS) is 20.9. The summed E-state index contributed by atoms with van der Waals surface area (Å²) in [6, 6.07) is -0.314. The van der Waals surface area contributed by atoms with Gasteiger partial charge < -0.3 is 15.4 Å². The minimum Gasteiger partial charge on any atom is -0.383 e. The summed E-state index contributed by atoms with van der Waals surface area (Å²) in [5.41, 5.74) is 5.79. The lowest BCUT2D eigenvalue weighted by molar-refractivity contribution is 0.0619. The number of hydrogen-bond acceptors (Lipinski definition) is 7. The van der Waals surface area contributed by atoms with Gasteiger partial charge in [0.15, 0.2) is 15.0 Å². The molecule has 0 spiro atoms. The summed E-state index contributed by atoms with van der Waals surface area (Å²) < 4.78 is 28.1. The highest BCUT2D eigenvalue weighted by molar-refractivity contribution is 7.91. The van der Waals surface area contributed by atoms with E-state index in [2.05, 4.69) is 4.98 Å². The standard InChI is InChI=1S/C11H17N3O4S2/c1-18-4-3-14(8-2-5-20(16,17)7-8)10(15)9-6-19-11(12)13-9/h6,8H,2-5,7H2,1H3,(H2,12,13). The number of ether oxygens (including phenoxy) is 1. The molecule has 7 nitrogen and oxygen atoms in total. The summed E-state index contributed by atoms with van der Waals surface area (Å²) in [6.07, 6.45) is 0.456. The molecule has 2 heterocycles. The molecule has 0 aromatic carbocycles. The Morgan fingerprint density at radius 3 is 2.90 bits per heavy atom. The zero-order chi connectivity index (χ0) is 14.8. The van der Waals surface area contributed by atoms with Crippen molar-refractivity contribution < 1.29 is 17.9 Å². The number of hydrogen-bond donors (Lipinski definition) is 1. The quantitative estimate of drug-likeness (QED) is 0.819. The van der Waals surface area contributed by atoms with Gasteiger partial charge in [-0.15, -0.1) is 11.3 Å². The number of nitrogens with two attached hydrogens (primary N) is 1. The molecule has 1 aromatic rings. The molecular weight excluding hydrogens is 302 g/mol. The molecule has 0 radical (unpaired) electrons. The number of thiazole rings is 1. The fraction of sp³-hybridized carbons (Fsp3) is 0.636. The second-order valence-corrected chi connectivity index (χ2v) is 7.74. The van der Waals surface area contributed by atoms with Crippen molar-refractivity contribution in [3.63, 3.8) is 0 Å². The molecule has 20 heavy (non-hydrogen) atoms. The second kappa shape index (κ2) is 6.06. The number of amides is 1. The number of rotatable bonds is 5. The van der Waals surface area contributed by atoms with Crippen LogP contribution in [-0.2, 0) is 14.6 Å². The Balaban J connectivity index is 2.17. The van der Waals surface area contributed by atoms with Crippen LogP contribution in [0.15, 0.2) is 5.38 Å². The minimum atomic E-state index is -3.05. The first-order chi connectivity index (χ1) is 9.43. The molecule has 1 atom stereocenters. The van der Waals surface area contributed by atoms with E-state index < -0.39 is 9.84 Å². The summed E-state index contributed by atoms with van der Waals surface area (Å²) >= 11 is 1.19. The zero-order valence-corrected chi connectivity index (χ0v) is 12.7. The van der Waals surface area contributed by atoms with Crippen molar-refractivity contribution in [2.75, 3.05) is 37.5 Å². The monoisotopic (exact) mass is 319 g/mol. The lowest BCUT2D eigenvalue weighted by Crippen LogP contribution is -2.43. The van der Waals surface area contributed by atoms with Crippen molar-refractivity contribution in [1.82, 2.24) is 9.88 Å². The van der Waals surface area contributed by atoms with Crippen LogP contribution < -0.4 is 5.73 Å². The zero-order valence-electron chi connectivity index (χ0n) is 11.1. The van der Waals surface area contributed by atoms with Gasteiger partial charge in [-0.05, 0) is 6.42 Å². The van der Waals surface area contributed by atoms with E-state index in [0.717, 1.165) is 0 Å². The Hall–Kier alpha value is -1.19. The highest BCUT2D eigenvalue weighted by Crippen LogP contribution is 2.21. The third-order valence-electron chi connectivity index (χ3n) is 3.19. The van der Waals surface area contributed by atoms with E-state index in [1.807, 2.05) is 0 Å². The summed E-state index contributed by atoms with van der Waals surface area (Å²) in [4.78, 5) is 17.9. The molecule has 112 valence electrons. The number of nitrogens with zero attached hydrogens (tertiary/aromatic N) is 2. The van der Waals surface area contributed by atoms with Gasteiger partial charge in [0.2, 0.25) is 0 Å². The first-order valence-corrected chi connectivity index (χ1v) is 8.84. The van der Waals surface area contributed by atoms with Crippen molar-refractivity contribution in [3.8, 4) is 0 Å². The van der Waals surface area contributed by atoms with Gasteiger partial charge in [0.25, 0.3) is 5.91 Å². The lowest BCUT2D eigenvalue weighted by Gasteiger charge is -2.27. The van der Waals surface area contributed by atoms with Crippen molar-refractivity contribution in [2.24, 2.45) is 0 Å². The Morgan fingerprint density at radius 2 is 2.40 bits per heavy atom. The predicted molar refractivity (Wildman–Crippen MR) is 76.5 cm³/mol. The average Bonchev–Trinajstić information content (AvgIpc) is 2.96. The maximum Gasteiger partial charge on any atom is 0.273 e. The van der Waals surface area contributed by atoms with E-state index >= 15 is 0 Å². The first-order valence-electron chi connectivity index (χ1n) is 6.14. The molecule has 2 N–H and O–H groups in total. The largest absolute Gasteiger partial charge is 0.383 e. The number of aromatic nitrogens is 1. The van der Waals surface area contributed by atoms with Crippen LogP contribution in [0.2, 0.25) is 0 Å². The molecule has 9 heteroatoms. The average molecular weight is 319 g/mol. The highest BCUT2D eigenvalue weighted by Gasteiger charge is 2.35. The third kappa shape index (κ3) is 3.47. The van der Waals surface area contributed by atoms with E-state index in [1.165, 1.54) is 23.3 Å². The number of carbonyl (C=O) groups is 1. The smallest absolute Gasteiger partial charge is 0.273 e. The van der Waals surface area contributed by atoms with Crippen molar-refractivity contribution >= 4 is 32.2 Å². The van der Waals surface area contributed by atoms with Crippen molar-refractivity contribution in [1.29, 1.82) is 0 Å². The van der Waals surface area contributed by atoms with Crippen LogP contribution in [0.25, 0.3) is 0 Å². The molecule has 1 aliphatic rings. The Bertz CT molecular complexity index is 584. The fourth-order valence-electron chi connectivity index (χ4n) is 2.19. The number of sulfone groups is 1. The van der Waals surface area contributed by atoms with E-state index in [-0.39, 0.29) is 29.1 Å². The van der Waals surface area contributed by atoms with Gasteiger partial charge in [0, 0.05) is 25.1 Å². The van der Waals surface area contributed by atoms with Crippen LogP contribution in [0.5, 0.6) is 0 Å². The van der Waals surface area contributed by atoms with Crippen molar-refractivity contribution in [2.45, 2.75) is 12.5 Å². The van der Waals surface area contributed by atoms with E-state index in [1.54, 1.807) is 5.38 Å². The van der Waals surface area contributed by atoms with Gasteiger partial charge in [-0.1, -0.05) is 0 Å². The molecule has 0 aliphatic carbocycles. The molecule has 1 aliphatic heterocycles. The van der Waals surface area contributed by atoms with Gasteiger partial charge in [-0.3, -0.25) is 4.79 Å². The Morgan fingerprint density at radius 1 is 1.65 bits per heavy atom. The number of nitrogen functional groups attached to an aromatic ring is 1. The fourth-order valence-corrected chi connectivity index (χ4v) is 4.46. The molecule has 1 unspecified atom stereocenters. The van der Waals surface area contributed by atoms with E-state index in [4.69, 9.17) is 10.5 Å². The van der Waals surface area contributed by atoms with Crippen LogP contribution in [0.1, 0.15) is 16.9 Å². The number of carbonyl (C=O) groups excluding carboxylic acids is 1. The molecule has 0 bridgehead atoms. The maximum absolute atomic E-state index is 12.4. The van der Waals surface area contributed by atoms with Gasteiger partial charge >= 0.3 is 0 Å². The van der Waals surface area contributed by atoms with Crippen LogP contribution in [0, 0.1) is 0 Å². The molecule has 1 aromatic heterocycles. The maximum atomic E-state index is 12.4. The van der Waals surface area contributed by atoms with Crippen LogP contribution in [0.3, 0.4) is 0 Å². The SMILES string of the molecule is COCCN(C(=O)c1csc(N)n1)C1CCS(=O)(=O)C1. The van der Waals surface area contributed by atoms with Crippen LogP contribution in [0.4, 0.5) is 5.13 Å². The van der Waals surface area contributed by atoms with Gasteiger partial charge in [0.1, 0.15) is 5.69 Å². The second-order valence-electron chi connectivity index (χ2n) is 4.62. The molecule has 2 rings (SSSR count). The third-order valence-corrected chi connectivity index (χ3v) is 5.61. The Kier molecular flexibility index (Phi) is 4.61. The molecule has 1 saturated heterocycles. The van der Waals surface area contributed by atoms with Crippen LogP contribution >= 0.6 is 11.3 Å². The molecule has 0 saturated carbocycles. The Labute approximate surface area is 121 Å². The molecule has 1 amide bonds. The predicted octanol–water partition coefficient (Wildman–Crippen LogP) is 0.00100. The number of methoxy groups -OCH3 is 1. The minimum absolute atomic E-state index is 0.00206. The summed E-state index contributed by atoms with van der Waals surface area (Å²) in [7, 11) is -1.52. The van der Waals surface area contributed by atoms with E-state index in [9.17, 15) is 13.2 Å². The first kappa shape index (κ1) is 15.2. The van der Waals surface area contributed by atoms with Gasteiger partial charge in [0.05, 0.1) is 18.1 Å². The topological polar surface area (TPSA) is 103 Å². The summed E-state index contributed by atoms with van der Waals surface area (Å²) in [5.74, 6) is -0.174. The molecular formula is C11H17N3O4S2. The van der Waals surface area contributed by atoms with E-state index in [0.29, 0.717) is 24.7 Å². The van der Waals surface area contributed by atoms with Crippen LogP contribution in [-0.4, -0.2) is 62.0 Å². The number of anilines is 1. The van der Waals surface area contributed by atoms with Gasteiger partial charge in [-0.2, -0.15) is 0 Å². The van der Waals surface area contributed by atoms with Crippen molar-refractivity contribution in [3.05, 3.63) is 11.1 Å². The lowest BCUT2D eigenvalue weighted by atomic mass is 10.2. The highest BCUT2D eigenvalue weighted by atomic mass is 32.2. The molecule has 1 fully saturated rings.